The fourth-order valence-corrected chi connectivity index (χ4v) is 2.15. The van der Waals surface area contributed by atoms with Crippen molar-refractivity contribution in [2.45, 2.75) is 25.7 Å². The number of hydrogen-bond donors (Lipinski definition) is 3. The van der Waals surface area contributed by atoms with Gasteiger partial charge in [-0.3, -0.25) is 9.69 Å². The summed E-state index contributed by atoms with van der Waals surface area (Å²) in [5.41, 5.74) is 1.17. The molecule has 0 bridgehead atoms. The molecule has 0 amide bonds. The van der Waals surface area contributed by atoms with Crippen LogP contribution in [-0.2, 0) is 6.54 Å². The van der Waals surface area contributed by atoms with E-state index in [9.17, 15) is 20.1 Å². The highest BCUT2D eigenvalue weighted by Crippen LogP contribution is 2.22. The van der Waals surface area contributed by atoms with E-state index in [4.69, 9.17) is 0 Å². The number of ketones is 1. The number of phenolic OH excluding ortho intramolecular Hbond substituents is 1. The van der Waals surface area contributed by atoms with E-state index < -0.39 is 12.2 Å². The number of nitrogens with zero attached hydrogens (tertiary/aromatic N) is 1. The second-order valence-corrected chi connectivity index (χ2v) is 4.73. The minimum absolute atomic E-state index is 0.0576. The van der Waals surface area contributed by atoms with Crippen LogP contribution in [0.25, 0.3) is 0 Å². The minimum atomic E-state index is -0.747. The fourth-order valence-electron chi connectivity index (χ4n) is 2.15. The molecule has 1 aromatic carbocycles. The van der Waals surface area contributed by atoms with Crippen LogP contribution in [0, 0.1) is 0 Å². The molecular formula is C13H17NO4. The molecule has 0 radical (unpaired) electrons. The van der Waals surface area contributed by atoms with Gasteiger partial charge in [0.2, 0.25) is 0 Å². The Bertz CT molecular complexity index is 450. The highest BCUT2D eigenvalue weighted by Gasteiger charge is 2.29. The number of Topliss-reactive ketones (excluding diaryl/α,β-unsaturated/α-hetero) is 1. The van der Waals surface area contributed by atoms with Crippen molar-refractivity contribution in [3.8, 4) is 5.75 Å². The van der Waals surface area contributed by atoms with Crippen molar-refractivity contribution >= 4 is 5.78 Å². The Balaban J connectivity index is 2.14. The van der Waals surface area contributed by atoms with E-state index in [0.29, 0.717) is 30.8 Å². The predicted molar refractivity (Wildman–Crippen MR) is 65.4 cm³/mol. The summed E-state index contributed by atoms with van der Waals surface area (Å²) in [4.78, 5) is 13.1. The van der Waals surface area contributed by atoms with Gasteiger partial charge in [-0.05, 0) is 25.1 Å². The molecule has 1 heterocycles. The maximum absolute atomic E-state index is 11.3. The Morgan fingerprint density at radius 1 is 1.33 bits per heavy atom. The van der Waals surface area contributed by atoms with Crippen molar-refractivity contribution in [1.29, 1.82) is 0 Å². The molecule has 5 nitrogen and oxygen atoms in total. The largest absolute Gasteiger partial charge is 0.508 e. The summed E-state index contributed by atoms with van der Waals surface area (Å²) in [5, 5.41) is 28.6. The van der Waals surface area contributed by atoms with Gasteiger partial charge in [0, 0.05) is 30.8 Å². The predicted octanol–water partition coefficient (Wildman–Crippen LogP) is 0.132. The number of β-amino-alcohol motifs (C(OH)–C–C–N with tert-alkyl or cyclic N) is 2. The second kappa shape index (κ2) is 5.06. The van der Waals surface area contributed by atoms with Crippen LogP contribution < -0.4 is 0 Å². The maximum Gasteiger partial charge on any atom is 0.159 e. The number of hydrogen-bond acceptors (Lipinski definition) is 5. The molecule has 5 heteroatoms. The van der Waals surface area contributed by atoms with Crippen molar-refractivity contribution in [3.63, 3.8) is 0 Å². The van der Waals surface area contributed by atoms with Crippen LogP contribution in [0.3, 0.4) is 0 Å². The normalized spacial score (nSPS) is 24.4. The smallest absolute Gasteiger partial charge is 0.159 e. The van der Waals surface area contributed by atoms with E-state index in [-0.39, 0.29) is 11.5 Å². The van der Waals surface area contributed by atoms with Crippen LogP contribution in [0.4, 0.5) is 0 Å². The molecule has 0 aromatic heterocycles. The zero-order chi connectivity index (χ0) is 13.3. The van der Waals surface area contributed by atoms with Crippen molar-refractivity contribution < 1.29 is 20.1 Å². The van der Waals surface area contributed by atoms with E-state index in [2.05, 4.69) is 0 Å². The lowest BCUT2D eigenvalue weighted by molar-refractivity contribution is 0.0572. The number of benzene rings is 1. The van der Waals surface area contributed by atoms with Gasteiger partial charge < -0.3 is 15.3 Å². The summed E-state index contributed by atoms with van der Waals surface area (Å²) in [7, 11) is 0. The SMILES string of the molecule is CC(=O)c1ccc(O)c(CN2CC(O)C(O)C2)c1. The Hall–Kier alpha value is -1.43. The quantitative estimate of drug-likeness (QED) is 0.665. The molecule has 98 valence electrons. The van der Waals surface area contributed by atoms with Crippen molar-refractivity contribution in [2.75, 3.05) is 13.1 Å². The lowest BCUT2D eigenvalue weighted by Gasteiger charge is -2.16. The molecule has 0 aliphatic carbocycles. The van der Waals surface area contributed by atoms with Gasteiger partial charge in [-0.2, -0.15) is 0 Å². The first kappa shape index (κ1) is 13.0. The van der Waals surface area contributed by atoms with E-state index in [1.54, 1.807) is 12.1 Å². The highest BCUT2D eigenvalue weighted by atomic mass is 16.3. The lowest BCUT2D eigenvalue weighted by Crippen LogP contribution is -2.22. The number of carbonyl (C=O) groups is 1. The molecule has 1 saturated heterocycles. The van der Waals surface area contributed by atoms with Gasteiger partial charge in [-0.25, -0.2) is 0 Å². The molecule has 2 rings (SSSR count). The molecule has 1 aliphatic heterocycles. The first-order valence-electron chi connectivity index (χ1n) is 5.88. The van der Waals surface area contributed by atoms with Gasteiger partial charge in [-0.15, -0.1) is 0 Å². The van der Waals surface area contributed by atoms with Gasteiger partial charge in [-0.1, -0.05) is 0 Å². The number of carbonyl (C=O) groups excluding carboxylic acids is 1. The number of aliphatic hydroxyl groups excluding tert-OH is 2. The van der Waals surface area contributed by atoms with Crippen LogP contribution in [0.15, 0.2) is 18.2 Å². The first-order chi connectivity index (χ1) is 8.47. The molecule has 18 heavy (non-hydrogen) atoms. The highest BCUT2D eigenvalue weighted by molar-refractivity contribution is 5.94. The number of rotatable bonds is 3. The van der Waals surface area contributed by atoms with Gasteiger partial charge in [0.1, 0.15) is 5.75 Å². The van der Waals surface area contributed by atoms with E-state index in [1.165, 1.54) is 13.0 Å². The van der Waals surface area contributed by atoms with Gasteiger partial charge in [0.15, 0.2) is 5.78 Å². The number of aromatic hydroxyl groups is 1. The molecule has 0 saturated carbocycles. The van der Waals surface area contributed by atoms with Crippen molar-refractivity contribution in [3.05, 3.63) is 29.3 Å². The van der Waals surface area contributed by atoms with Crippen LogP contribution in [0.2, 0.25) is 0 Å². The van der Waals surface area contributed by atoms with Crippen LogP contribution in [0.5, 0.6) is 5.75 Å². The third-order valence-corrected chi connectivity index (χ3v) is 3.21. The third kappa shape index (κ3) is 2.69. The number of likely N-dealkylation sites (tertiary alicyclic amines) is 1. The van der Waals surface area contributed by atoms with E-state index in [0.717, 1.165) is 0 Å². The van der Waals surface area contributed by atoms with Crippen LogP contribution in [0.1, 0.15) is 22.8 Å². The Morgan fingerprint density at radius 2 is 1.94 bits per heavy atom. The molecule has 0 spiro atoms. The molecule has 1 fully saturated rings. The minimum Gasteiger partial charge on any atom is -0.508 e. The summed E-state index contributed by atoms with van der Waals surface area (Å²) in [6, 6.07) is 4.72. The van der Waals surface area contributed by atoms with Crippen LogP contribution in [-0.4, -0.2) is 51.3 Å². The molecule has 1 aromatic rings. The summed E-state index contributed by atoms with van der Waals surface area (Å²) < 4.78 is 0. The standard InChI is InChI=1S/C13H17NO4/c1-8(15)9-2-3-11(16)10(4-9)5-14-6-12(17)13(18)7-14/h2-4,12-13,16-18H,5-7H2,1H3. The number of aliphatic hydroxyl groups is 2. The summed E-state index contributed by atoms with van der Waals surface area (Å²) in [5.74, 6) is 0.0635. The van der Waals surface area contributed by atoms with Crippen LogP contribution >= 0.6 is 0 Å². The number of phenols is 1. The van der Waals surface area contributed by atoms with Crippen molar-refractivity contribution in [2.24, 2.45) is 0 Å². The third-order valence-electron chi connectivity index (χ3n) is 3.21. The van der Waals surface area contributed by atoms with E-state index in [1.807, 2.05) is 4.90 Å². The summed E-state index contributed by atoms with van der Waals surface area (Å²) in [6.07, 6.45) is -1.49. The zero-order valence-electron chi connectivity index (χ0n) is 10.2. The van der Waals surface area contributed by atoms with E-state index >= 15 is 0 Å². The van der Waals surface area contributed by atoms with Gasteiger partial charge >= 0.3 is 0 Å². The maximum atomic E-state index is 11.3. The molecule has 2 unspecified atom stereocenters. The fraction of sp³-hybridized carbons (Fsp3) is 0.462. The first-order valence-corrected chi connectivity index (χ1v) is 5.88. The zero-order valence-corrected chi connectivity index (χ0v) is 10.2. The average molecular weight is 251 g/mol. The summed E-state index contributed by atoms with van der Waals surface area (Å²) in [6.45, 7) is 2.61. The average Bonchev–Trinajstić information content (AvgIpc) is 2.61. The molecule has 3 N–H and O–H groups in total. The Kier molecular flexibility index (Phi) is 3.65. The summed E-state index contributed by atoms with van der Waals surface area (Å²) >= 11 is 0. The van der Waals surface area contributed by atoms with Gasteiger partial charge in [0.05, 0.1) is 12.2 Å². The Labute approximate surface area is 105 Å². The molecule has 2 atom stereocenters. The molecular weight excluding hydrogens is 234 g/mol. The van der Waals surface area contributed by atoms with Crippen molar-refractivity contribution in [1.82, 2.24) is 4.90 Å². The lowest BCUT2D eigenvalue weighted by atomic mass is 10.1. The van der Waals surface area contributed by atoms with Gasteiger partial charge in [0.25, 0.3) is 0 Å². The molecule has 1 aliphatic rings. The topological polar surface area (TPSA) is 81.0 Å². The Morgan fingerprint density at radius 3 is 2.50 bits per heavy atom. The second-order valence-electron chi connectivity index (χ2n) is 4.73. The monoisotopic (exact) mass is 251 g/mol.